The lowest BCUT2D eigenvalue weighted by atomic mass is 10.2. The summed E-state index contributed by atoms with van der Waals surface area (Å²) in [4.78, 5) is 10.9. The minimum absolute atomic E-state index is 0.0622. The summed E-state index contributed by atoms with van der Waals surface area (Å²) in [5.41, 5.74) is 0. The molecular weight excluding hydrogens is 232 g/mol. The SMILES string of the molecule is CC(C)N(C)S(=O)(=O)NC(C(=O)O)C1CC1. The van der Waals surface area contributed by atoms with Crippen LogP contribution in [0.1, 0.15) is 26.7 Å². The van der Waals surface area contributed by atoms with Crippen LogP contribution in [-0.4, -0.2) is 42.9 Å². The highest BCUT2D eigenvalue weighted by atomic mass is 32.2. The minimum Gasteiger partial charge on any atom is -0.480 e. The highest BCUT2D eigenvalue weighted by Gasteiger charge is 2.39. The van der Waals surface area contributed by atoms with Gasteiger partial charge in [0.15, 0.2) is 0 Å². The zero-order chi connectivity index (χ0) is 12.5. The largest absolute Gasteiger partial charge is 0.480 e. The first-order valence-corrected chi connectivity index (χ1v) is 6.68. The molecule has 1 unspecified atom stereocenters. The second-order valence-corrected chi connectivity index (χ2v) is 6.15. The van der Waals surface area contributed by atoms with Crippen molar-refractivity contribution < 1.29 is 18.3 Å². The maximum atomic E-state index is 11.8. The summed E-state index contributed by atoms with van der Waals surface area (Å²) in [5.74, 6) is -1.17. The van der Waals surface area contributed by atoms with Crippen molar-refractivity contribution in [2.45, 2.75) is 38.8 Å². The number of hydrogen-bond donors (Lipinski definition) is 2. The summed E-state index contributed by atoms with van der Waals surface area (Å²) in [7, 11) is -2.28. The van der Waals surface area contributed by atoms with Crippen molar-refractivity contribution in [1.82, 2.24) is 9.03 Å². The molecule has 7 heteroatoms. The quantitative estimate of drug-likeness (QED) is 0.696. The van der Waals surface area contributed by atoms with E-state index >= 15 is 0 Å². The van der Waals surface area contributed by atoms with Crippen LogP contribution in [0, 0.1) is 5.92 Å². The highest BCUT2D eigenvalue weighted by Crippen LogP contribution is 2.33. The van der Waals surface area contributed by atoms with Gasteiger partial charge in [-0.3, -0.25) is 4.79 Å². The second kappa shape index (κ2) is 4.68. The predicted molar refractivity (Wildman–Crippen MR) is 59.1 cm³/mol. The Morgan fingerprint density at radius 3 is 2.25 bits per heavy atom. The summed E-state index contributed by atoms with van der Waals surface area (Å²) >= 11 is 0. The molecule has 1 rings (SSSR count). The number of rotatable bonds is 6. The maximum absolute atomic E-state index is 11.8. The molecule has 0 bridgehead atoms. The molecule has 0 aromatic rings. The van der Waals surface area contributed by atoms with Crippen molar-refractivity contribution in [1.29, 1.82) is 0 Å². The van der Waals surface area contributed by atoms with Gasteiger partial charge in [0.05, 0.1) is 0 Å². The molecule has 1 saturated carbocycles. The Labute approximate surface area is 95.8 Å². The standard InChI is InChI=1S/C9H18N2O4S/c1-6(2)11(3)16(14,15)10-8(9(12)13)7-4-5-7/h6-8,10H,4-5H2,1-3H3,(H,12,13). The molecule has 1 aliphatic carbocycles. The van der Waals surface area contributed by atoms with E-state index in [4.69, 9.17) is 5.11 Å². The zero-order valence-electron chi connectivity index (χ0n) is 9.67. The van der Waals surface area contributed by atoms with Crippen LogP contribution in [0.2, 0.25) is 0 Å². The number of nitrogens with one attached hydrogen (secondary N) is 1. The number of carboxylic acids is 1. The summed E-state index contributed by atoms with van der Waals surface area (Å²) in [6.45, 7) is 3.46. The van der Waals surface area contributed by atoms with Gasteiger partial charge in [0.2, 0.25) is 0 Å². The Morgan fingerprint density at radius 2 is 1.94 bits per heavy atom. The molecule has 0 radical (unpaired) electrons. The zero-order valence-corrected chi connectivity index (χ0v) is 10.5. The first-order valence-electron chi connectivity index (χ1n) is 5.24. The summed E-state index contributed by atoms with van der Waals surface area (Å²) in [6.07, 6.45) is 1.54. The molecule has 0 aliphatic heterocycles. The average molecular weight is 250 g/mol. The Balaban J connectivity index is 2.73. The Hall–Kier alpha value is -0.660. The van der Waals surface area contributed by atoms with Crippen LogP contribution >= 0.6 is 0 Å². The lowest BCUT2D eigenvalue weighted by molar-refractivity contribution is -0.139. The fourth-order valence-electron chi connectivity index (χ4n) is 1.30. The van der Waals surface area contributed by atoms with Gasteiger partial charge in [0, 0.05) is 13.1 Å². The number of nitrogens with zero attached hydrogens (tertiary/aromatic N) is 1. The first kappa shape index (κ1) is 13.4. The number of carbonyl (C=O) groups is 1. The molecule has 0 aromatic carbocycles. The van der Waals surface area contributed by atoms with Crippen LogP contribution in [0.3, 0.4) is 0 Å². The van der Waals surface area contributed by atoms with E-state index in [1.54, 1.807) is 13.8 Å². The van der Waals surface area contributed by atoms with Gasteiger partial charge in [-0.05, 0) is 32.6 Å². The third-order valence-electron chi connectivity index (χ3n) is 2.74. The van der Waals surface area contributed by atoms with Crippen LogP contribution < -0.4 is 4.72 Å². The summed E-state index contributed by atoms with van der Waals surface area (Å²) in [6, 6.07) is -1.20. The van der Waals surface area contributed by atoms with Crippen molar-refractivity contribution in [3.63, 3.8) is 0 Å². The van der Waals surface area contributed by atoms with Crippen LogP contribution in [0.25, 0.3) is 0 Å². The van der Waals surface area contributed by atoms with Gasteiger partial charge in [-0.2, -0.15) is 17.4 Å². The van der Waals surface area contributed by atoms with Gasteiger partial charge in [-0.1, -0.05) is 0 Å². The van der Waals surface area contributed by atoms with Crippen LogP contribution in [0.5, 0.6) is 0 Å². The lowest BCUT2D eigenvalue weighted by Crippen LogP contribution is -2.49. The minimum atomic E-state index is -3.71. The smallest absolute Gasteiger partial charge is 0.322 e. The maximum Gasteiger partial charge on any atom is 0.322 e. The molecule has 1 atom stereocenters. The average Bonchev–Trinajstić information content (AvgIpc) is 2.95. The monoisotopic (exact) mass is 250 g/mol. The number of aliphatic carboxylic acids is 1. The Kier molecular flexibility index (Phi) is 3.92. The van der Waals surface area contributed by atoms with Crippen molar-refractivity contribution >= 4 is 16.2 Å². The lowest BCUT2D eigenvalue weighted by Gasteiger charge is -2.23. The van der Waals surface area contributed by atoms with Gasteiger partial charge in [0.25, 0.3) is 10.2 Å². The molecule has 0 amide bonds. The molecule has 0 aromatic heterocycles. The number of hydrogen-bond acceptors (Lipinski definition) is 3. The van der Waals surface area contributed by atoms with E-state index in [0.717, 1.165) is 17.1 Å². The van der Waals surface area contributed by atoms with E-state index in [1.165, 1.54) is 7.05 Å². The molecule has 16 heavy (non-hydrogen) atoms. The topological polar surface area (TPSA) is 86.7 Å². The van der Waals surface area contributed by atoms with Gasteiger partial charge in [-0.15, -0.1) is 0 Å². The van der Waals surface area contributed by atoms with Gasteiger partial charge in [-0.25, -0.2) is 0 Å². The molecule has 6 nitrogen and oxygen atoms in total. The fraction of sp³-hybridized carbons (Fsp3) is 0.889. The molecule has 0 heterocycles. The molecule has 2 N–H and O–H groups in total. The van der Waals surface area contributed by atoms with E-state index in [1.807, 2.05) is 0 Å². The molecule has 1 aliphatic rings. The van der Waals surface area contributed by atoms with E-state index in [9.17, 15) is 13.2 Å². The van der Waals surface area contributed by atoms with Gasteiger partial charge in [0.1, 0.15) is 6.04 Å². The Bertz CT molecular complexity index is 362. The molecule has 1 fully saturated rings. The van der Waals surface area contributed by atoms with E-state index < -0.39 is 22.2 Å². The summed E-state index contributed by atoms with van der Waals surface area (Å²) in [5, 5.41) is 8.92. The second-order valence-electron chi connectivity index (χ2n) is 4.39. The van der Waals surface area contributed by atoms with E-state index in [2.05, 4.69) is 4.72 Å². The Morgan fingerprint density at radius 1 is 1.44 bits per heavy atom. The van der Waals surface area contributed by atoms with Crippen molar-refractivity contribution in [3.05, 3.63) is 0 Å². The van der Waals surface area contributed by atoms with Crippen molar-refractivity contribution in [3.8, 4) is 0 Å². The highest BCUT2D eigenvalue weighted by molar-refractivity contribution is 7.87. The van der Waals surface area contributed by atoms with Gasteiger partial charge >= 0.3 is 5.97 Å². The van der Waals surface area contributed by atoms with Gasteiger partial charge < -0.3 is 5.11 Å². The van der Waals surface area contributed by atoms with Crippen LogP contribution in [0.15, 0.2) is 0 Å². The molecule has 94 valence electrons. The molecule has 0 spiro atoms. The first-order chi connectivity index (χ1) is 7.25. The normalized spacial score (nSPS) is 19.1. The van der Waals surface area contributed by atoms with E-state index in [-0.39, 0.29) is 12.0 Å². The van der Waals surface area contributed by atoms with Crippen molar-refractivity contribution in [2.75, 3.05) is 7.05 Å². The molecular formula is C9H18N2O4S. The van der Waals surface area contributed by atoms with Crippen molar-refractivity contribution in [2.24, 2.45) is 5.92 Å². The third kappa shape index (κ3) is 3.16. The third-order valence-corrected chi connectivity index (χ3v) is 4.47. The number of carboxylic acid groups (broad SMARTS) is 1. The fourth-order valence-corrected chi connectivity index (χ4v) is 2.63. The van der Waals surface area contributed by atoms with Crippen LogP contribution in [0.4, 0.5) is 0 Å². The summed E-state index contributed by atoms with van der Waals surface area (Å²) < 4.78 is 26.9. The molecule has 0 saturated heterocycles. The van der Waals surface area contributed by atoms with Crippen LogP contribution in [-0.2, 0) is 15.0 Å². The van der Waals surface area contributed by atoms with E-state index in [0.29, 0.717) is 0 Å². The predicted octanol–water partition coefficient (Wildman–Crippen LogP) is 0.0242.